The standard InChI is InChI=1S/C23H27ClO4.3C2H6/c1-4-5-16-12-20(8-6-15(16)7-9-21(25)26)27-14-18-11-19(24)10-17-13-23(2,3)28-22(17)18;3*1-2/h6,8,10-12H,4-5,7,9,13-14H2,1-3H3,(H,25,26);3*1-2H3. The smallest absolute Gasteiger partial charge is 0.303 e. The molecule has 0 fully saturated rings. The molecule has 0 radical (unpaired) electrons. The van der Waals surface area contributed by atoms with Gasteiger partial charge in [-0.1, -0.05) is 72.6 Å². The summed E-state index contributed by atoms with van der Waals surface area (Å²) in [5.74, 6) is 0.871. The fourth-order valence-electron chi connectivity index (χ4n) is 3.69. The zero-order chi connectivity index (χ0) is 26.3. The highest BCUT2D eigenvalue weighted by Crippen LogP contribution is 2.40. The highest BCUT2D eigenvalue weighted by molar-refractivity contribution is 6.30. The van der Waals surface area contributed by atoms with Gasteiger partial charge in [-0.25, -0.2) is 0 Å². The predicted octanol–water partition coefficient (Wildman–Crippen LogP) is 8.68. The van der Waals surface area contributed by atoms with Crippen molar-refractivity contribution in [1.29, 1.82) is 0 Å². The molecular weight excluding hydrogens is 448 g/mol. The molecule has 1 heterocycles. The van der Waals surface area contributed by atoms with Crippen molar-refractivity contribution in [2.45, 2.75) is 107 Å². The number of benzene rings is 2. The van der Waals surface area contributed by atoms with Crippen LogP contribution in [0.25, 0.3) is 0 Å². The van der Waals surface area contributed by atoms with Crippen molar-refractivity contribution in [3.63, 3.8) is 0 Å². The number of carboxylic acids is 1. The van der Waals surface area contributed by atoms with E-state index < -0.39 is 5.97 Å². The largest absolute Gasteiger partial charge is 0.489 e. The van der Waals surface area contributed by atoms with Gasteiger partial charge in [-0.2, -0.15) is 0 Å². The van der Waals surface area contributed by atoms with Gasteiger partial charge in [-0.3, -0.25) is 4.79 Å². The van der Waals surface area contributed by atoms with Crippen LogP contribution in [0.4, 0.5) is 0 Å². The molecular formula is C29H45ClO4. The minimum atomic E-state index is -0.777. The number of carboxylic acid groups (broad SMARTS) is 1. The van der Waals surface area contributed by atoms with Gasteiger partial charge in [-0.15, -0.1) is 0 Å². The molecule has 0 bridgehead atoms. The Bertz CT molecular complexity index is 875. The number of rotatable bonds is 8. The van der Waals surface area contributed by atoms with Crippen LogP contribution in [0, 0.1) is 0 Å². The summed E-state index contributed by atoms with van der Waals surface area (Å²) in [5.41, 5.74) is 4.05. The minimum absolute atomic E-state index is 0.138. The molecule has 1 aliphatic rings. The normalized spacial score (nSPS) is 12.4. The summed E-state index contributed by atoms with van der Waals surface area (Å²) in [7, 11) is 0. The topological polar surface area (TPSA) is 55.8 Å². The SMILES string of the molecule is CC.CC.CC.CCCc1cc(OCc2cc(Cl)cc3c2OC(C)(C)C3)ccc1CCC(=O)O. The zero-order valence-electron chi connectivity index (χ0n) is 22.7. The van der Waals surface area contributed by atoms with Gasteiger partial charge in [-0.05, 0) is 67.6 Å². The van der Waals surface area contributed by atoms with E-state index in [1.165, 1.54) is 0 Å². The van der Waals surface area contributed by atoms with Crippen molar-refractivity contribution in [3.8, 4) is 11.5 Å². The highest BCUT2D eigenvalue weighted by Gasteiger charge is 2.32. The Hall–Kier alpha value is -2.20. The first-order chi connectivity index (χ1) is 16.3. The van der Waals surface area contributed by atoms with Gasteiger partial charge in [0, 0.05) is 23.4 Å². The summed E-state index contributed by atoms with van der Waals surface area (Å²) in [6, 6.07) is 9.77. The van der Waals surface area contributed by atoms with Crippen LogP contribution < -0.4 is 9.47 Å². The van der Waals surface area contributed by atoms with E-state index >= 15 is 0 Å². The second-order valence-corrected chi connectivity index (χ2v) is 8.39. The van der Waals surface area contributed by atoms with E-state index in [1.807, 2.05) is 71.9 Å². The van der Waals surface area contributed by atoms with E-state index in [1.54, 1.807) is 0 Å². The fourth-order valence-corrected chi connectivity index (χ4v) is 3.96. The third-order valence-corrected chi connectivity index (χ3v) is 5.12. The molecule has 5 heteroatoms. The summed E-state index contributed by atoms with van der Waals surface area (Å²) in [6.07, 6.45) is 3.40. The summed E-state index contributed by atoms with van der Waals surface area (Å²) >= 11 is 6.29. The van der Waals surface area contributed by atoms with Crippen molar-refractivity contribution < 1.29 is 19.4 Å². The molecule has 34 heavy (non-hydrogen) atoms. The molecule has 192 valence electrons. The van der Waals surface area contributed by atoms with Crippen molar-refractivity contribution >= 4 is 17.6 Å². The third-order valence-electron chi connectivity index (χ3n) is 4.90. The molecule has 1 aliphatic heterocycles. The van der Waals surface area contributed by atoms with E-state index in [9.17, 15) is 4.79 Å². The first-order valence-corrected chi connectivity index (χ1v) is 13.1. The predicted molar refractivity (Wildman–Crippen MR) is 145 cm³/mol. The van der Waals surface area contributed by atoms with E-state index in [0.717, 1.165) is 53.0 Å². The maximum absolute atomic E-state index is 10.9. The second-order valence-electron chi connectivity index (χ2n) is 7.95. The number of aliphatic carboxylic acids is 1. The fraction of sp³-hybridized carbons (Fsp3) is 0.552. The van der Waals surface area contributed by atoms with Gasteiger partial charge in [0.05, 0.1) is 0 Å². The first-order valence-electron chi connectivity index (χ1n) is 12.7. The number of hydrogen-bond acceptors (Lipinski definition) is 3. The zero-order valence-corrected chi connectivity index (χ0v) is 23.4. The Kier molecular flexibility index (Phi) is 15.4. The lowest BCUT2D eigenvalue weighted by Gasteiger charge is -2.18. The van der Waals surface area contributed by atoms with Crippen LogP contribution in [0.15, 0.2) is 30.3 Å². The summed E-state index contributed by atoms with van der Waals surface area (Å²) < 4.78 is 12.2. The van der Waals surface area contributed by atoms with E-state index in [0.29, 0.717) is 18.1 Å². The molecule has 3 rings (SSSR count). The maximum atomic E-state index is 10.9. The van der Waals surface area contributed by atoms with Gasteiger partial charge in [0.1, 0.15) is 23.7 Å². The van der Waals surface area contributed by atoms with E-state index in [2.05, 4.69) is 20.8 Å². The Morgan fingerprint density at radius 3 is 2.24 bits per heavy atom. The second kappa shape index (κ2) is 16.4. The number of halogens is 1. The van der Waals surface area contributed by atoms with Gasteiger partial charge in [0.15, 0.2) is 0 Å². The maximum Gasteiger partial charge on any atom is 0.303 e. The molecule has 0 unspecified atom stereocenters. The number of hydrogen-bond donors (Lipinski definition) is 1. The Labute approximate surface area is 212 Å². The Morgan fingerprint density at radius 1 is 1.00 bits per heavy atom. The van der Waals surface area contributed by atoms with Crippen molar-refractivity contribution in [3.05, 3.63) is 57.6 Å². The lowest BCUT2D eigenvalue weighted by molar-refractivity contribution is -0.136. The molecule has 0 aliphatic carbocycles. The highest BCUT2D eigenvalue weighted by atomic mass is 35.5. The van der Waals surface area contributed by atoms with Crippen molar-refractivity contribution in [1.82, 2.24) is 0 Å². The number of ether oxygens (including phenoxy) is 2. The molecule has 1 N–H and O–H groups in total. The molecule has 0 saturated heterocycles. The monoisotopic (exact) mass is 492 g/mol. The van der Waals surface area contributed by atoms with Crippen molar-refractivity contribution in [2.24, 2.45) is 0 Å². The minimum Gasteiger partial charge on any atom is -0.489 e. The lowest BCUT2D eigenvalue weighted by Crippen LogP contribution is -2.25. The average Bonchev–Trinajstić information content (AvgIpc) is 3.14. The molecule has 2 aromatic rings. The molecule has 2 aromatic carbocycles. The molecule has 4 nitrogen and oxygen atoms in total. The van der Waals surface area contributed by atoms with E-state index in [-0.39, 0.29) is 12.0 Å². The average molecular weight is 493 g/mol. The van der Waals surface area contributed by atoms with Gasteiger partial charge >= 0.3 is 5.97 Å². The first kappa shape index (κ1) is 31.8. The molecule has 0 spiro atoms. The van der Waals surface area contributed by atoms with Crippen LogP contribution >= 0.6 is 11.6 Å². The Morgan fingerprint density at radius 2 is 1.65 bits per heavy atom. The third kappa shape index (κ3) is 9.97. The van der Waals surface area contributed by atoms with E-state index in [4.69, 9.17) is 26.2 Å². The Balaban J connectivity index is 0.00000168. The summed E-state index contributed by atoms with van der Waals surface area (Å²) in [4.78, 5) is 10.9. The van der Waals surface area contributed by atoms with Crippen LogP contribution in [-0.2, 0) is 30.7 Å². The summed E-state index contributed by atoms with van der Waals surface area (Å²) in [6.45, 7) is 18.6. The van der Waals surface area contributed by atoms with Crippen molar-refractivity contribution in [2.75, 3.05) is 0 Å². The van der Waals surface area contributed by atoms with Crippen LogP contribution in [0.3, 0.4) is 0 Å². The lowest BCUT2D eigenvalue weighted by atomic mass is 9.99. The van der Waals surface area contributed by atoms with Gasteiger partial charge < -0.3 is 14.6 Å². The van der Waals surface area contributed by atoms with Crippen LogP contribution in [0.5, 0.6) is 11.5 Å². The molecule has 0 saturated carbocycles. The van der Waals surface area contributed by atoms with Crippen LogP contribution in [0.1, 0.15) is 97.4 Å². The summed E-state index contributed by atoms with van der Waals surface area (Å²) in [5, 5.41) is 9.64. The number of fused-ring (bicyclic) bond motifs is 1. The molecule has 0 amide bonds. The van der Waals surface area contributed by atoms with Gasteiger partial charge in [0.25, 0.3) is 0 Å². The molecule has 0 aromatic heterocycles. The van der Waals surface area contributed by atoms with Gasteiger partial charge in [0.2, 0.25) is 0 Å². The van der Waals surface area contributed by atoms with Crippen LogP contribution in [-0.4, -0.2) is 16.7 Å². The number of carbonyl (C=O) groups is 1. The number of aryl methyl sites for hydroxylation is 2. The molecule has 0 atom stereocenters. The van der Waals surface area contributed by atoms with Crippen LogP contribution in [0.2, 0.25) is 5.02 Å². The quantitative estimate of drug-likeness (QED) is 0.400.